The second kappa shape index (κ2) is 9.35. The molecule has 0 saturated heterocycles. The lowest BCUT2D eigenvalue weighted by Crippen LogP contribution is -2.17. The van der Waals surface area contributed by atoms with Crippen LogP contribution in [0.4, 0.5) is 23.8 Å². The van der Waals surface area contributed by atoms with Gasteiger partial charge in [0.2, 0.25) is 23.8 Å². The van der Waals surface area contributed by atoms with Gasteiger partial charge in [-0.25, -0.2) is 0 Å². The van der Waals surface area contributed by atoms with Crippen molar-refractivity contribution in [3.8, 4) is 0 Å². The van der Waals surface area contributed by atoms with Crippen LogP contribution < -0.4 is 20.4 Å². The molecule has 31 heavy (non-hydrogen) atoms. The zero-order valence-electron chi connectivity index (χ0n) is 18.0. The van der Waals surface area contributed by atoms with Gasteiger partial charge >= 0.3 is 0 Å². The lowest BCUT2D eigenvalue weighted by Gasteiger charge is -2.13. The largest absolute Gasteiger partial charge is 0.350 e. The molecule has 0 unspecified atom stereocenters. The summed E-state index contributed by atoms with van der Waals surface area (Å²) in [5.74, 6) is 2.97. The van der Waals surface area contributed by atoms with Gasteiger partial charge in [-0.3, -0.25) is 9.55 Å². The third kappa shape index (κ3) is 5.14. The summed E-state index contributed by atoms with van der Waals surface area (Å²) in [6.07, 6.45) is 0. The number of H-pyrrole nitrogens is 1. The Kier molecular flexibility index (Phi) is 6.37. The summed E-state index contributed by atoms with van der Waals surface area (Å²) in [5.41, 5.74) is 0. The standard InChI is InChI=1S/C19H26N10S2/c1-27(2)19-26-24-17(29(19)4)21-11-14-8-7-13(31-14)10-20-16-22-18(25-23-16)28(3)12-15-6-5-9-30-15/h5-9H,10-12H2,1-4H3,(H,21,24)(H2,20,22,23,25). The van der Waals surface area contributed by atoms with Gasteiger partial charge in [0.15, 0.2) is 0 Å². The van der Waals surface area contributed by atoms with Crippen LogP contribution in [0.25, 0.3) is 0 Å². The predicted octanol–water partition coefficient (Wildman–Crippen LogP) is 2.98. The monoisotopic (exact) mass is 458 g/mol. The summed E-state index contributed by atoms with van der Waals surface area (Å²) in [4.78, 5) is 10.9. The van der Waals surface area contributed by atoms with Gasteiger partial charge in [-0.05, 0) is 23.6 Å². The Morgan fingerprint density at radius 3 is 2.42 bits per heavy atom. The molecule has 0 aliphatic heterocycles. The van der Waals surface area contributed by atoms with E-state index in [9.17, 15) is 0 Å². The first-order chi connectivity index (χ1) is 15.0. The van der Waals surface area contributed by atoms with Crippen molar-refractivity contribution in [2.75, 3.05) is 41.6 Å². The highest BCUT2D eigenvalue weighted by Crippen LogP contribution is 2.20. The zero-order chi connectivity index (χ0) is 21.8. The van der Waals surface area contributed by atoms with E-state index < -0.39 is 0 Å². The summed E-state index contributed by atoms with van der Waals surface area (Å²) in [6.45, 7) is 2.18. The van der Waals surface area contributed by atoms with Crippen LogP contribution in [0, 0.1) is 0 Å². The van der Waals surface area contributed by atoms with Gasteiger partial charge < -0.3 is 20.4 Å². The molecule has 4 heterocycles. The molecule has 0 atom stereocenters. The van der Waals surface area contributed by atoms with Gasteiger partial charge in [-0.15, -0.1) is 43.1 Å². The van der Waals surface area contributed by atoms with Gasteiger partial charge in [0.05, 0.1) is 19.6 Å². The minimum Gasteiger partial charge on any atom is -0.350 e. The van der Waals surface area contributed by atoms with Crippen molar-refractivity contribution in [3.05, 3.63) is 44.3 Å². The van der Waals surface area contributed by atoms with Crippen LogP contribution in [0.3, 0.4) is 0 Å². The first-order valence-corrected chi connectivity index (χ1v) is 11.5. The highest BCUT2D eigenvalue weighted by atomic mass is 32.1. The summed E-state index contributed by atoms with van der Waals surface area (Å²) in [5, 5.41) is 25.6. The Bertz CT molecular complexity index is 1100. The number of hydrogen-bond acceptors (Lipinski definition) is 10. The maximum atomic E-state index is 4.24. The molecule has 0 radical (unpaired) electrons. The summed E-state index contributed by atoms with van der Waals surface area (Å²) >= 11 is 3.48. The van der Waals surface area contributed by atoms with Crippen LogP contribution in [-0.2, 0) is 26.7 Å². The Morgan fingerprint density at radius 1 is 0.968 bits per heavy atom. The molecular formula is C19H26N10S2. The lowest BCUT2D eigenvalue weighted by molar-refractivity contribution is 0.864. The maximum absolute atomic E-state index is 4.24. The van der Waals surface area contributed by atoms with Crippen LogP contribution in [-0.4, -0.2) is 51.1 Å². The van der Waals surface area contributed by atoms with Crippen molar-refractivity contribution < 1.29 is 0 Å². The number of anilines is 4. The molecule has 4 rings (SSSR count). The van der Waals surface area contributed by atoms with Crippen molar-refractivity contribution in [2.24, 2.45) is 7.05 Å². The first-order valence-electron chi connectivity index (χ1n) is 9.78. The zero-order valence-corrected chi connectivity index (χ0v) is 19.6. The molecule has 0 aliphatic rings. The molecule has 10 nitrogen and oxygen atoms in total. The lowest BCUT2D eigenvalue weighted by atomic mass is 10.4. The normalized spacial score (nSPS) is 11.0. The molecule has 0 aromatic carbocycles. The van der Waals surface area contributed by atoms with Crippen molar-refractivity contribution in [1.82, 2.24) is 29.9 Å². The van der Waals surface area contributed by atoms with E-state index in [1.165, 1.54) is 14.6 Å². The first kappa shape index (κ1) is 21.1. The van der Waals surface area contributed by atoms with E-state index in [0.29, 0.717) is 19.0 Å². The second-order valence-corrected chi connectivity index (χ2v) is 9.57. The minimum atomic E-state index is 0.663. The van der Waals surface area contributed by atoms with E-state index in [2.05, 4.69) is 65.7 Å². The average Bonchev–Trinajstić information content (AvgIpc) is 3.53. The molecular weight excluding hydrogens is 432 g/mol. The average molecular weight is 459 g/mol. The Hall–Kier alpha value is -3.12. The third-order valence-corrected chi connectivity index (χ3v) is 6.58. The highest BCUT2D eigenvalue weighted by molar-refractivity contribution is 7.12. The minimum absolute atomic E-state index is 0.663. The third-order valence-electron chi connectivity index (χ3n) is 4.63. The molecule has 0 bridgehead atoms. The van der Waals surface area contributed by atoms with Crippen LogP contribution in [0.15, 0.2) is 29.6 Å². The van der Waals surface area contributed by atoms with Crippen LogP contribution in [0.1, 0.15) is 14.6 Å². The van der Waals surface area contributed by atoms with Gasteiger partial charge in [0, 0.05) is 42.8 Å². The van der Waals surface area contributed by atoms with E-state index in [1.54, 1.807) is 22.7 Å². The molecule has 164 valence electrons. The molecule has 4 aromatic heterocycles. The number of aromatic amines is 1. The molecule has 0 saturated carbocycles. The molecule has 0 fully saturated rings. The molecule has 0 aliphatic carbocycles. The number of aromatic nitrogens is 6. The van der Waals surface area contributed by atoms with Gasteiger partial charge in [-0.2, -0.15) is 0 Å². The molecule has 0 amide bonds. The summed E-state index contributed by atoms with van der Waals surface area (Å²) in [7, 11) is 7.85. The summed E-state index contributed by atoms with van der Waals surface area (Å²) < 4.78 is 1.94. The van der Waals surface area contributed by atoms with E-state index >= 15 is 0 Å². The van der Waals surface area contributed by atoms with E-state index in [-0.39, 0.29) is 0 Å². The number of hydrogen-bond donors (Lipinski definition) is 3. The SMILES string of the molecule is CN(C)c1nnc(NCc2ccc(CNc3nnc(N(C)Cc4cccs4)[nH]3)s2)n1C. The number of nitrogens with one attached hydrogen (secondary N) is 3. The fourth-order valence-electron chi connectivity index (χ4n) is 3.03. The quantitative estimate of drug-likeness (QED) is 0.333. The van der Waals surface area contributed by atoms with E-state index in [4.69, 9.17) is 0 Å². The predicted molar refractivity (Wildman–Crippen MR) is 127 cm³/mol. The van der Waals surface area contributed by atoms with Crippen molar-refractivity contribution in [2.45, 2.75) is 19.6 Å². The topological polar surface area (TPSA) is 103 Å². The molecule has 4 aromatic rings. The van der Waals surface area contributed by atoms with Gasteiger partial charge in [0.25, 0.3) is 0 Å². The van der Waals surface area contributed by atoms with Crippen molar-refractivity contribution in [1.29, 1.82) is 0 Å². The molecule has 0 spiro atoms. The smallest absolute Gasteiger partial charge is 0.227 e. The number of nitrogens with zero attached hydrogens (tertiary/aromatic N) is 7. The Balaban J connectivity index is 1.27. The molecule has 3 N–H and O–H groups in total. The van der Waals surface area contributed by atoms with Crippen LogP contribution in [0.2, 0.25) is 0 Å². The van der Waals surface area contributed by atoms with E-state index in [1.807, 2.05) is 42.6 Å². The van der Waals surface area contributed by atoms with Crippen molar-refractivity contribution >= 4 is 46.5 Å². The summed E-state index contributed by atoms with van der Waals surface area (Å²) in [6, 6.07) is 8.42. The number of rotatable bonds is 10. The Morgan fingerprint density at radius 2 is 1.74 bits per heavy atom. The van der Waals surface area contributed by atoms with Gasteiger partial charge in [-0.1, -0.05) is 6.07 Å². The van der Waals surface area contributed by atoms with Gasteiger partial charge in [0.1, 0.15) is 0 Å². The maximum Gasteiger partial charge on any atom is 0.227 e. The second-order valence-electron chi connectivity index (χ2n) is 7.28. The fraction of sp³-hybridized carbons (Fsp3) is 0.368. The van der Waals surface area contributed by atoms with Crippen LogP contribution >= 0.6 is 22.7 Å². The highest BCUT2D eigenvalue weighted by Gasteiger charge is 2.11. The van der Waals surface area contributed by atoms with Crippen LogP contribution in [0.5, 0.6) is 0 Å². The van der Waals surface area contributed by atoms with Crippen molar-refractivity contribution in [3.63, 3.8) is 0 Å². The molecule has 12 heteroatoms. The van der Waals surface area contributed by atoms with E-state index in [0.717, 1.165) is 24.4 Å². The number of thiophene rings is 2. The fourth-order valence-corrected chi connectivity index (χ4v) is 4.68. The Labute approximate surface area is 189 Å².